The van der Waals surface area contributed by atoms with Gasteiger partial charge in [-0.25, -0.2) is 9.37 Å². The molecule has 6 heteroatoms. The largest absolute Gasteiger partial charge is 0.368 e. The predicted molar refractivity (Wildman–Crippen MR) is 94.8 cm³/mol. The minimum Gasteiger partial charge on any atom is -0.368 e. The van der Waals surface area contributed by atoms with Crippen LogP contribution in [0.1, 0.15) is 5.82 Å². The van der Waals surface area contributed by atoms with E-state index in [0.29, 0.717) is 6.54 Å². The third kappa shape index (κ3) is 2.80. The van der Waals surface area contributed by atoms with E-state index in [1.54, 1.807) is 0 Å². The molecule has 0 atom stereocenters. The highest BCUT2D eigenvalue weighted by molar-refractivity contribution is 5.79. The maximum atomic E-state index is 13.0. The Bertz CT molecular complexity index is 834. The van der Waals surface area contributed by atoms with Crippen LogP contribution in [-0.4, -0.2) is 36.1 Å². The van der Waals surface area contributed by atoms with Crippen molar-refractivity contribution in [2.75, 3.05) is 36.0 Å². The molecule has 1 saturated heterocycles. The van der Waals surface area contributed by atoms with Crippen LogP contribution < -0.4 is 15.5 Å². The molecule has 4 rings (SSSR count). The number of imidazole rings is 1. The first kappa shape index (κ1) is 15.0. The molecule has 0 bridgehead atoms. The summed E-state index contributed by atoms with van der Waals surface area (Å²) in [5.74, 6) is 0.616. The molecule has 2 aromatic carbocycles. The normalized spacial score (nSPS) is 15.2. The quantitative estimate of drug-likeness (QED) is 0.777. The predicted octanol–water partition coefficient (Wildman–Crippen LogP) is 2.49. The van der Waals surface area contributed by atoms with E-state index in [1.807, 2.05) is 18.2 Å². The molecule has 0 saturated carbocycles. The number of H-pyrrole nitrogens is 1. The van der Waals surface area contributed by atoms with Gasteiger partial charge >= 0.3 is 0 Å². The summed E-state index contributed by atoms with van der Waals surface area (Å²) in [7, 11) is 0. The molecule has 1 fully saturated rings. The second-order valence-corrected chi connectivity index (χ2v) is 6.04. The Hall–Kier alpha value is -2.60. The number of benzene rings is 2. The van der Waals surface area contributed by atoms with E-state index >= 15 is 0 Å². The zero-order valence-corrected chi connectivity index (χ0v) is 13.4. The summed E-state index contributed by atoms with van der Waals surface area (Å²) in [5.41, 5.74) is 9.88. The molecule has 0 aliphatic carbocycles. The van der Waals surface area contributed by atoms with Crippen LogP contribution in [0.3, 0.4) is 0 Å². The number of piperazine rings is 1. The lowest BCUT2D eigenvalue weighted by atomic mass is 10.2. The molecule has 24 heavy (non-hydrogen) atoms. The van der Waals surface area contributed by atoms with Gasteiger partial charge < -0.3 is 20.5 Å². The number of halogens is 1. The molecule has 0 amide bonds. The number of anilines is 2. The molecule has 1 aromatic heterocycles. The van der Waals surface area contributed by atoms with Crippen LogP contribution in [-0.2, 0) is 6.54 Å². The molecule has 0 unspecified atom stereocenters. The minimum atomic E-state index is -0.193. The van der Waals surface area contributed by atoms with Crippen molar-refractivity contribution in [1.29, 1.82) is 0 Å². The molecule has 3 N–H and O–H groups in total. The van der Waals surface area contributed by atoms with Crippen LogP contribution in [0, 0.1) is 5.82 Å². The number of nitrogens with one attached hydrogen (secondary N) is 1. The Labute approximate surface area is 139 Å². The van der Waals surface area contributed by atoms with Gasteiger partial charge in [-0.1, -0.05) is 0 Å². The van der Waals surface area contributed by atoms with Crippen LogP contribution >= 0.6 is 0 Å². The summed E-state index contributed by atoms with van der Waals surface area (Å²) < 4.78 is 13.0. The van der Waals surface area contributed by atoms with Crippen LogP contribution in [0.25, 0.3) is 11.0 Å². The summed E-state index contributed by atoms with van der Waals surface area (Å²) in [6.07, 6.45) is 0. The number of nitrogens with two attached hydrogens (primary N) is 1. The summed E-state index contributed by atoms with van der Waals surface area (Å²) in [4.78, 5) is 12.3. The van der Waals surface area contributed by atoms with E-state index in [-0.39, 0.29) is 5.82 Å². The second-order valence-electron chi connectivity index (χ2n) is 6.04. The van der Waals surface area contributed by atoms with Gasteiger partial charge in [0.05, 0.1) is 17.6 Å². The number of hydrogen-bond acceptors (Lipinski definition) is 4. The average molecular weight is 325 g/mol. The molecule has 0 radical (unpaired) electrons. The summed E-state index contributed by atoms with van der Waals surface area (Å²) in [6, 6.07) is 13.0. The minimum absolute atomic E-state index is 0.193. The standard InChI is InChI=1S/C18H20FN5/c19-13-1-3-14(4-2-13)23-7-9-24(10-8-23)15-5-6-16-17(11-15)22-18(12-20)21-16/h1-6,11H,7-10,12,20H2,(H,21,22). The number of aromatic amines is 1. The number of hydrogen-bond donors (Lipinski definition) is 2. The van der Waals surface area contributed by atoms with Gasteiger partial charge in [-0.15, -0.1) is 0 Å². The van der Waals surface area contributed by atoms with Gasteiger partial charge in [0.2, 0.25) is 0 Å². The first-order valence-electron chi connectivity index (χ1n) is 8.17. The Morgan fingerprint density at radius 1 is 0.958 bits per heavy atom. The van der Waals surface area contributed by atoms with Crippen LogP contribution in [0.4, 0.5) is 15.8 Å². The van der Waals surface area contributed by atoms with Crippen molar-refractivity contribution in [3.05, 3.63) is 54.1 Å². The Kier molecular flexibility index (Phi) is 3.82. The van der Waals surface area contributed by atoms with E-state index < -0.39 is 0 Å². The van der Waals surface area contributed by atoms with Gasteiger partial charge in [0, 0.05) is 37.6 Å². The van der Waals surface area contributed by atoms with Gasteiger partial charge in [-0.05, 0) is 42.5 Å². The highest BCUT2D eigenvalue weighted by atomic mass is 19.1. The Morgan fingerprint density at radius 3 is 2.25 bits per heavy atom. The molecule has 5 nitrogen and oxygen atoms in total. The maximum absolute atomic E-state index is 13.0. The highest BCUT2D eigenvalue weighted by Crippen LogP contribution is 2.24. The number of fused-ring (bicyclic) bond motifs is 1. The van der Waals surface area contributed by atoms with Crippen molar-refractivity contribution in [3.63, 3.8) is 0 Å². The van der Waals surface area contributed by atoms with E-state index in [9.17, 15) is 4.39 Å². The summed E-state index contributed by atoms with van der Waals surface area (Å²) in [5, 5.41) is 0. The fourth-order valence-electron chi connectivity index (χ4n) is 3.22. The fraction of sp³-hybridized carbons (Fsp3) is 0.278. The average Bonchev–Trinajstić information content (AvgIpc) is 3.05. The zero-order valence-electron chi connectivity index (χ0n) is 13.4. The lowest BCUT2D eigenvalue weighted by Crippen LogP contribution is -2.46. The molecule has 3 aromatic rings. The fourth-order valence-corrected chi connectivity index (χ4v) is 3.22. The van der Waals surface area contributed by atoms with Gasteiger partial charge in [0.25, 0.3) is 0 Å². The van der Waals surface area contributed by atoms with Crippen LogP contribution in [0.15, 0.2) is 42.5 Å². The van der Waals surface area contributed by atoms with Crippen molar-refractivity contribution in [3.8, 4) is 0 Å². The maximum Gasteiger partial charge on any atom is 0.123 e. The third-order valence-corrected chi connectivity index (χ3v) is 4.54. The van der Waals surface area contributed by atoms with Crippen molar-refractivity contribution in [2.45, 2.75) is 6.54 Å². The third-order valence-electron chi connectivity index (χ3n) is 4.54. The summed E-state index contributed by atoms with van der Waals surface area (Å²) >= 11 is 0. The Balaban J connectivity index is 1.48. The number of nitrogens with zero attached hydrogens (tertiary/aromatic N) is 3. The number of rotatable bonds is 3. The molecule has 0 spiro atoms. The van der Waals surface area contributed by atoms with Crippen LogP contribution in [0.2, 0.25) is 0 Å². The lowest BCUT2D eigenvalue weighted by Gasteiger charge is -2.37. The Morgan fingerprint density at radius 2 is 1.58 bits per heavy atom. The first-order valence-corrected chi connectivity index (χ1v) is 8.17. The smallest absolute Gasteiger partial charge is 0.123 e. The monoisotopic (exact) mass is 325 g/mol. The van der Waals surface area contributed by atoms with E-state index in [0.717, 1.165) is 48.7 Å². The molecule has 2 heterocycles. The zero-order chi connectivity index (χ0) is 16.5. The second kappa shape index (κ2) is 6.13. The molecule has 1 aliphatic heterocycles. The van der Waals surface area contributed by atoms with Crippen molar-refractivity contribution < 1.29 is 4.39 Å². The van der Waals surface area contributed by atoms with Crippen molar-refractivity contribution in [2.24, 2.45) is 5.73 Å². The van der Waals surface area contributed by atoms with Gasteiger partial charge in [0.1, 0.15) is 11.6 Å². The van der Waals surface area contributed by atoms with E-state index in [2.05, 4.69) is 31.9 Å². The molecular weight excluding hydrogens is 305 g/mol. The van der Waals surface area contributed by atoms with Crippen molar-refractivity contribution >= 4 is 22.4 Å². The van der Waals surface area contributed by atoms with Gasteiger partial charge in [0.15, 0.2) is 0 Å². The van der Waals surface area contributed by atoms with E-state index in [4.69, 9.17) is 5.73 Å². The van der Waals surface area contributed by atoms with Gasteiger partial charge in [-0.3, -0.25) is 0 Å². The molecular formula is C18H20FN5. The van der Waals surface area contributed by atoms with Crippen LogP contribution in [0.5, 0.6) is 0 Å². The van der Waals surface area contributed by atoms with Gasteiger partial charge in [-0.2, -0.15) is 0 Å². The molecule has 1 aliphatic rings. The first-order chi connectivity index (χ1) is 11.7. The number of aromatic nitrogens is 2. The summed E-state index contributed by atoms with van der Waals surface area (Å²) in [6.45, 7) is 4.11. The SMILES string of the molecule is NCc1nc2ccc(N3CCN(c4ccc(F)cc4)CC3)cc2[nH]1. The van der Waals surface area contributed by atoms with E-state index in [1.165, 1.54) is 17.8 Å². The molecule has 124 valence electrons. The topological polar surface area (TPSA) is 61.2 Å². The van der Waals surface area contributed by atoms with Crippen molar-refractivity contribution in [1.82, 2.24) is 9.97 Å². The lowest BCUT2D eigenvalue weighted by molar-refractivity contribution is 0.625. The highest BCUT2D eigenvalue weighted by Gasteiger charge is 2.18.